The van der Waals surface area contributed by atoms with Crippen molar-refractivity contribution in [3.05, 3.63) is 40.8 Å². The van der Waals surface area contributed by atoms with Gasteiger partial charge in [0, 0.05) is 11.5 Å². The van der Waals surface area contributed by atoms with Crippen molar-refractivity contribution >= 4 is 20.8 Å². The monoisotopic (exact) mass is 252 g/mol. The summed E-state index contributed by atoms with van der Waals surface area (Å²) in [5.41, 5.74) is -0.0582. The summed E-state index contributed by atoms with van der Waals surface area (Å²) in [5.74, 6) is 0. The molecule has 1 heterocycles. The number of benzene rings is 1. The fraction of sp³-hybridized carbons (Fsp3) is 0.250. The van der Waals surface area contributed by atoms with Gasteiger partial charge in [0.05, 0.1) is 10.1 Å². The van der Waals surface area contributed by atoms with E-state index in [1.54, 1.807) is 19.9 Å². The summed E-state index contributed by atoms with van der Waals surface area (Å²) < 4.78 is 28.8. The Morgan fingerprint density at radius 3 is 2.47 bits per heavy atom. The second kappa shape index (κ2) is 4.00. The van der Waals surface area contributed by atoms with Crippen LogP contribution < -0.4 is 5.63 Å². The average molecular weight is 252 g/mol. The van der Waals surface area contributed by atoms with Crippen molar-refractivity contribution in [2.75, 3.05) is 0 Å². The number of hydrogen-bond donors (Lipinski definition) is 0. The number of rotatable bonds is 2. The van der Waals surface area contributed by atoms with Gasteiger partial charge < -0.3 is 4.42 Å². The molecule has 0 bridgehead atoms. The van der Waals surface area contributed by atoms with Gasteiger partial charge in [0.15, 0.2) is 9.84 Å². The predicted molar refractivity (Wildman–Crippen MR) is 64.8 cm³/mol. The zero-order valence-corrected chi connectivity index (χ0v) is 10.3. The lowest BCUT2D eigenvalue weighted by Gasteiger charge is -2.07. The van der Waals surface area contributed by atoms with Crippen LogP contribution in [0.25, 0.3) is 11.0 Å². The van der Waals surface area contributed by atoms with Gasteiger partial charge in [0.2, 0.25) is 0 Å². The first-order chi connectivity index (χ1) is 7.91. The molecule has 0 fully saturated rings. The number of hydrogen-bond acceptors (Lipinski definition) is 4. The zero-order chi connectivity index (χ0) is 12.6. The first kappa shape index (κ1) is 11.9. The summed E-state index contributed by atoms with van der Waals surface area (Å²) in [4.78, 5) is 11.2. The van der Waals surface area contributed by atoms with E-state index in [2.05, 4.69) is 0 Å². The zero-order valence-electron chi connectivity index (χ0n) is 9.51. The summed E-state index contributed by atoms with van der Waals surface area (Å²) in [7, 11) is -3.30. The topological polar surface area (TPSA) is 64.3 Å². The minimum Gasteiger partial charge on any atom is -0.423 e. The molecule has 0 N–H and O–H groups in total. The minimum atomic E-state index is -3.30. The summed E-state index contributed by atoms with van der Waals surface area (Å²) in [5, 5.41) is 0.127. The fourth-order valence-corrected chi connectivity index (χ4v) is 2.59. The highest BCUT2D eigenvalue weighted by Crippen LogP contribution is 2.21. The van der Waals surface area contributed by atoms with Crippen molar-refractivity contribution in [1.29, 1.82) is 0 Å². The lowest BCUT2D eigenvalue weighted by atomic mass is 10.2. The summed E-state index contributed by atoms with van der Waals surface area (Å²) >= 11 is 0. The van der Waals surface area contributed by atoms with Crippen LogP contribution in [0.15, 0.2) is 44.4 Å². The smallest absolute Gasteiger partial charge is 0.336 e. The van der Waals surface area contributed by atoms with E-state index in [1.807, 2.05) is 0 Å². The van der Waals surface area contributed by atoms with Crippen molar-refractivity contribution in [2.45, 2.75) is 24.0 Å². The molecule has 0 saturated carbocycles. The highest BCUT2D eigenvalue weighted by atomic mass is 32.2. The molecule has 17 heavy (non-hydrogen) atoms. The molecule has 0 amide bonds. The molecule has 2 aromatic rings. The molecule has 0 aliphatic heterocycles. The Hall–Kier alpha value is -1.62. The molecule has 0 radical (unpaired) electrons. The van der Waals surface area contributed by atoms with Crippen molar-refractivity contribution in [3.63, 3.8) is 0 Å². The molecule has 0 aliphatic carbocycles. The van der Waals surface area contributed by atoms with Crippen molar-refractivity contribution in [2.24, 2.45) is 0 Å². The normalized spacial score (nSPS) is 12.2. The Kier molecular flexibility index (Phi) is 2.79. The van der Waals surface area contributed by atoms with Crippen LogP contribution in [-0.2, 0) is 9.84 Å². The molecular weight excluding hydrogens is 240 g/mol. The molecule has 4 nitrogen and oxygen atoms in total. The second-order valence-corrected chi connectivity index (χ2v) is 6.55. The molecule has 0 spiro atoms. The van der Waals surface area contributed by atoms with E-state index < -0.39 is 20.7 Å². The molecule has 1 aromatic carbocycles. The summed E-state index contributed by atoms with van der Waals surface area (Å²) in [6, 6.07) is 7.31. The van der Waals surface area contributed by atoms with Crippen LogP contribution in [0.4, 0.5) is 0 Å². The highest BCUT2D eigenvalue weighted by molar-refractivity contribution is 7.92. The van der Waals surface area contributed by atoms with Gasteiger partial charge in [-0.3, -0.25) is 0 Å². The van der Waals surface area contributed by atoms with E-state index in [1.165, 1.54) is 24.3 Å². The summed E-state index contributed by atoms with van der Waals surface area (Å²) in [6.07, 6.45) is 0. The van der Waals surface area contributed by atoms with E-state index >= 15 is 0 Å². The molecule has 5 heteroatoms. The lowest BCUT2D eigenvalue weighted by Crippen LogP contribution is -2.13. The third kappa shape index (κ3) is 2.10. The van der Waals surface area contributed by atoms with Gasteiger partial charge in [0.1, 0.15) is 5.58 Å². The third-order valence-electron chi connectivity index (χ3n) is 2.54. The SMILES string of the molecule is CC(C)S(=O)(=O)c1ccc2oc(=O)ccc2c1. The van der Waals surface area contributed by atoms with E-state index in [9.17, 15) is 13.2 Å². The Labute approximate surface area is 98.8 Å². The van der Waals surface area contributed by atoms with Crippen molar-refractivity contribution < 1.29 is 12.8 Å². The Balaban J connectivity index is 2.68. The predicted octanol–water partition coefficient (Wildman–Crippen LogP) is 1.98. The maximum Gasteiger partial charge on any atom is 0.336 e. The maximum absolute atomic E-state index is 12.0. The molecule has 0 saturated heterocycles. The van der Waals surface area contributed by atoms with E-state index in [4.69, 9.17) is 4.42 Å². The lowest BCUT2D eigenvalue weighted by molar-refractivity contribution is 0.560. The summed E-state index contributed by atoms with van der Waals surface area (Å²) in [6.45, 7) is 3.26. The first-order valence-electron chi connectivity index (χ1n) is 5.19. The fourth-order valence-electron chi connectivity index (χ4n) is 1.50. The molecular formula is C12H12O4S. The third-order valence-corrected chi connectivity index (χ3v) is 4.69. The first-order valence-corrected chi connectivity index (χ1v) is 6.74. The van der Waals surface area contributed by atoms with Crippen LogP contribution in [0.3, 0.4) is 0 Å². The highest BCUT2D eigenvalue weighted by Gasteiger charge is 2.19. The van der Waals surface area contributed by atoms with Gasteiger partial charge in [0.25, 0.3) is 0 Å². The van der Waals surface area contributed by atoms with E-state index in [0.717, 1.165) is 0 Å². The maximum atomic E-state index is 12.0. The quantitative estimate of drug-likeness (QED) is 0.766. The van der Waals surface area contributed by atoms with Crippen LogP contribution in [0, 0.1) is 0 Å². The molecule has 1 aromatic heterocycles. The molecule has 2 rings (SSSR count). The van der Waals surface area contributed by atoms with Crippen LogP contribution in [0.2, 0.25) is 0 Å². The second-order valence-electron chi connectivity index (χ2n) is 4.05. The van der Waals surface area contributed by atoms with Gasteiger partial charge in [-0.2, -0.15) is 0 Å². The van der Waals surface area contributed by atoms with Crippen LogP contribution in [-0.4, -0.2) is 13.7 Å². The van der Waals surface area contributed by atoms with Crippen molar-refractivity contribution in [1.82, 2.24) is 0 Å². The molecule has 0 aliphatic rings. The minimum absolute atomic E-state index is 0.244. The van der Waals surface area contributed by atoms with Crippen LogP contribution >= 0.6 is 0 Å². The Morgan fingerprint density at radius 2 is 1.82 bits per heavy atom. The standard InChI is InChI=1S/C12H12O4S/c1-8(2)17(14,15)10-4-5-11-9(7-10)3-6-12(13)16-11/h3-8H,1-2H3. The number of fused-ring (bicyclic) bond motifs is 1. The van der Waals surface area contributed by atoms with Crippen molar-refractivity contribution in [3.8, 4) is 0 Å². The Morgan fingerprint density at radius 1 is 1.12 bits per heavy atom. The molecule has 0 atom stereocenters. The van der Waals surface area contributed by atoms with Gasteiger partial charge >= 0.3 is 5.63 Å². The van der Waals surface area contributed by atoms with Crippen LogP contribution in [0.5, 0.6) is 0 Å². The van der Waals surface area contributed by atoms with Gasteiger partial charge in [-0.25, -0.2) is 13.2 Å². The van der Waals surface area contributed by atoms with E-state index in [0.29, 0.717) is 11.0 Å². The van der Waals surface area contributed by atoms with Gasteiger partial charge in [-0.05, 0) is 38.1 Å². The van der Waals surface area contributed by atoms with Gasteiger partial charge in [-0.1, -0.05) is 0 Å². The Bertz CT molecular complexity index is 711. The van der Waals surface area contributed by atoms with Crippen LogP contribution in [0.1, 0.15) is 13.8 Å². The van der Waals surface area contributed by atoms with Gasteiger partial charge in [-0.15, -0.1) is 0 Å². The largest absolute Gasteiger partial charge is 0.423 e. The van der Waals surface area contributed by atoms with E-state index in [-0.39, 0.29) is 4.90 Å². The number of sulfone groups is 1. The average Bonchev–Trinajstić information content (AvgIpc) is 2.28. The molecule has 90 valence electrons. The molecule has 0 unspecified atom stereocenters.